The second-order valence-corrected chi connectivity index (χ2v) is 4.51. The van der Waals surface area contributed by atoms with Gasteiger partial charge in [0.25, 0.3) is 0 Å². The van der Waals surface area contributed by atoms with E-state index in [1.54, 1.807) is 11.3 Å². The third-order valence-electron chi connectivity index (χ3n) is 2.15. The second kappa shape index (κ2) is 4.44. The topological polar surface area (TPSA) is 42.7 Å². The van der Waals surface area contributed by atoms with Gasteiger partial charge in [0.1, 0.15) is 5.01 Å². The Bertz CT molecular complexity index is 432. The zero-order valence-corrected chi connectivity index (χ0v) is 9.71. The molecule has 0 unspecified atom stereocenters. The summed E-state index contributed by atoms with van der Waals surface area (Å²) in [5.74, 6) is 0. The summed E-state index contributed by atoms with van der Waals surface area (Å²) in [4.78, 5) is 0. The molecule has 2 aromatic heterocycles. The molecule has 0 atom stereocenters. The van der Waals surface area contributed by atoms with Gasteiger partial charge < -0.3 is 9.88 Å². The molecule has 0 aliphatic heterocycles. The van der Waals surface area contributed by atoms with Crippen LogP contribution in [0.1, 0.15) is 17.5 Å². The van der Waals surface area contributed by atoms with E-state index >= 15 is 0 Å². The number of nitrogens with one attached hydrogen (secondary N) is 1. The summed E-state index contributed by atoms with van der Waals surface area (Å²) >= 11 is 1.58. The molecular formula is C10H14N4S. The van der Waals surface area contributed by atoms with Crippen LogP contribution in [0.4, 0.5) is 5.13 Å². The number of nitrogens with zero attached hydrogens (tertiary/aromatic N) is 3. The SMILES string of the molecule is CCn1ccc(CNc2nnc(C)s2)c1. The zero-order chi connectivity index (χ0) is 10.7. The summed E-state index contributed by atoms with van der Waals surface area (Å²) in [5.41, 5.74) is 1.27. The van der Waals surface area contributed by atoms with E-state index in [9.17, 15) is 0 Å². The molecule has 0 aliphatic carbocycles. The van der Waals surface area contributed by atoms with Gasteiger partial charge in [0, 0.05) is 25.5 Å². The van der Waals surface area contributed by atoms with Gasteiger partial charge in [0.15, 0.2) is 0 Å². The van der Waals surface area contributed by atoms with Crippen molar-refractivity contribution in [1.29, 1.82) is 0 Å². The largest absolute Gasteiger partial charge is 0.356 e. The van der Waals surface area contributed by atoms with Crippen LogP contribution in [0.15, 0.2) is 18.5 Å². The minimum Gasteiger partial charge on any atom is -0.356 e. The van der Waals surface area contributed by atoms with Gasteiger partial charge in [-0.1, -0.05) is 11.3 Å². The van der Waals surface area contributed by atoms with E-state index in [0.717, 1.165) is 23.2 Å². The number of aryl methyl sites for hydroxylation is 2. The van der Waals surface area contributed by atoms with Crippen molar-refractivity contribution in [2.45, 2.75) is 26.9 Å². The van der Waals surface area contributed by atoms with Crippen LogP contribution in [0.3, 0.4) is 0 Å². The average Bonchev–Trinajstić information content (AvgIpc) is 2.83. The van der Waals surface area contributed by atoms with Crippen molar-refractivity contribution in [2.24, 2.45) is 0 Å². The van der Waals surface area contributed by atoms with Crippen molar-refractivity contribution < 1.29 is 0 Å². The van der Waals surface area contributed by atoms with Crippen molar-refractivity contribution >= 4 is 16.5 Å². The highest BCUT2D eigenvalue weighted by molar-refractivity contribution is 7.15. The van der Waals surface area contributed by atoms with Gasteiger partial charge in [0.05, 0.1) is 0 Å². The van der Waals surface area contributed by atoms with Crippen LogP contribution in [-0.4, -0.2) is 14.8 Å². The molecule has 0 saturated carbocycles. The highest BCUT2D eigenvalue weighted by Crippen LogP contribution is 2.14. The lowest BCUT2D eigenvalue weighted by Crippen LogP contribution is -1.98. The third-order valence-corrected chi connectivity index (χ3v) is 2.94. The normalized spacial score (nSPS) is 10.5. The quantitative estimate of drug-likeness (QED) is 0.863. The summed E-state index contributed by atoms with van der Waals surface area (Å²) in [6.07, 6.45) is 4.23. The van der Waals surface area contributed by atoms with E-state index in [0.29, 0.717) is 0 Å². The molecule has 0 spiro atoms. The molecule has 1 N–H and O–H groups in total. The molecule has 0 saturated heterocycles. The first-order valence-corrected chi connectivity index (χ1v) is 5.78. The number of anilines is 1. The first kappa shape index (κ1) is 10.2. The molecule has 4 nitrogen and oxygen atoms in total. The van der Waals surface area contributed by atoms with E-state index in [2.05, 4.69) is 45.5 Å². The lowest BCUT2D eigenvalue weighted by Gasteiger charge is -1.98. The molecule has 5 heteroatoms. The lowest BCUT2D eigenvalue weighted by molar-refractivity contribution is 0.766. The van der Waals surface area contributed by atoms with Crippen molar-refractivity contribution in [2.75, 3.05) is 5.32 Å². The fraction of sp³-hybridized carbons (Fsp3) is 0.400. The Hall–Kier alpha value is -1.36. The van der Waals surface area contributed by atoms with Crippen molar-refractivity contribution in [3.05, 3.63) is 29.0 Å². The second-order valence-electron chi connectivity index (χ2n) is 3.33. The molecule has 0 aliphatic rings. The number of rotatable bonds is 4. The molecule has 0 amide bonds. The minimum atomic E-state index is 0.807. The molecule has 2 heterocycles. The van der Waals surface area contributed by atoms with Crippen molar-refractivity contribution in [1.82, 2.24) is 14.8 Å². The predicted octanol–water partition coefficient (Wildman–Crippen LogP) is 2.28. The molecular weight excluding hydrogens is 208 g/mol. The van der Waals surface area contributed by atoms with Crippen LogP contribution in [0.2, 0.25) is 0 Å². The molecule has 2 aromatic rings. The van der Waals surface area contributed by atoms with Gasteiger partial charge in [-0.15, -0.1) is 10.2 Å². The first-order chi connectivity index (χ1) is 7.28. The highest BCUT2D eigenvalue weighted by atomic mass is 32.1. The molecule has 0 aromatic carbocycles. The fourth-order valence-corrected chi connectivity index (χ4v) is 1.92. The summed E-state index contributed by atoms with van der Waals surface area (Å²) in [6, 6.07) is 2.12. The zero-order valence-electron chi connectivity index (χ0n) is 8.90. The summed E-state index contributed by atoms with van der Waals surface area (Å²) in [5, 5.41) is 13.1. The molecule has 80 valence electrons. The smallest absolute Gasteiger partial charge is 0.205 e. The molecule has 0 radical (unpaired) electrons. The van der Waals surface area contributed by atoms with E-state index in [1.165, 1.54) is 5.56 Å². The Labute approximate surface area is 93.0 Å². The third kappa shape index (κ3) is 2.56. The van der Waals surface area contributed by atoms with Crippen molar-refractivity contribution in [3.63, 3.8) is 0 Å². The predicted molar refractivity (Wildman–Crippen MR) is 62.1 cm³/mol. The van der Waals surface area contributed by atoms with Crippen LogP contribution in [-0.2, 0) is 13.1 Å². The maximum atomic E-state index is 4.01. The van der Waals surface area contributed by atoms with Gasteiger partial charge >= 0.3 is 0 Å². The van der Waals surface area contributed by atoms with Crippen LogP contribution in [0.25, 0.3) is 0 Å². The Morgan fingerprint density at radius 2 is 2.33 bits per heavy atom. The van der Waals surface area contributed by atoms with Crippen LogP contribution >= 0.6 is 11.3 Å². The standard InChI is InChI=1S/C10H14N4S/c1-3-14-5-4-9(7-14)6-11-10-13-12-8(2)15-10/h4-5,7H,3,6H2,1-2H3,(H,11,13). The summed E-state index contributed by atoms with van der Waals surface area (Å²) in [7, 11) is 0. The van der Waals surface area contributed by atoms with E-state index < -0.39 is 0 Å². The van der Waals surface area contributed by atoms with Gasteiger partial charge in [-0.3, -0.25) is 0 Å². The van der Waals surface area contributed by atoms with Crippen LogP contribution in [0.5, 0.6) is 0 Å². The van der Waals surface area contributed by atoms with Gasteiger partial charge in [-0.2, -0.15) is 0 Å². The highest BCUT2D eigenvalue weighted by Gasteiger charge is 2.00. The van der Waals surface area contributed by atoms with E-state index in [-0.39, 0.29) is 0 Å². The maximum Gasteiger partial charge on any atom is 0.205 e. The van der Waals surface area contributed by atoms with E-state index in [1.807, 2.05) is 6.92 Å². The Balaban J connectivity index is 1.93. The minimum absolute atomic E-state index is 0.807. The summed E-state index contributed by atoms with van der Waals surface area (Å²) in [6.45, 7) is 5.90. The average molecular weight is 222 g/mol. The monoisotopic (exact) mass is 222 g/mol. The van der Waals surface area contributed by atoms with E-state index in [4.69, 9.17) is 0 Å². The molecule has 2 rings (SSSR count). The molecule has 0 bridgehead atoms. The fourth-order valence-electron chi connectivity index (χ4n) is 1.34. The van der Waals surface area contributed by atoms with Gasteiger partial charge in [-0.25, -0.2) is 0 Å². The summed E-state index contributed by atoms with van der Waals surface area (Å²) < 4.78 is 2.16. The Morgan fingerprint density at radius 1 is 1.47 bits per heavy atom. The first-order valence-electron chi connectivity index (χ1n) is 4.96. The van der Waals surface area contributed by atoms with Crippen molar-refractivity contribution in [3.8, 4) is 0 Å². The van der Waals surface area contributed by atoms with Crippen LogP contribution in [0, 0.1) is 6.92 Å². The Morgan fingerprint density at radius 3 is 2.93 bits per heavy atom. The van der Waals surface area contributed by atoms with Gasteiger partial charge in [0.2, 0.25) is 5.13 Å². The molecule has 15 heavy (non-hydrogen) atoms. The van der Waals surface area contributed by atoms with Crippen LogP contribution < -0.4 is 5.32 Å². The van der Waals surface area contributed by atoms with Gasteiger partial charge in [-0.05, 0) is 25.5 Å². The molecule has 0 fully saturated rings. The maximum absolute atomic E-state index is 4.01. The Kier molecular flexibility index (Phi) is 3.01. The number of aromatic nitrogens is 3. The number of hydrogen-bond acceptors (Lipinski definition) is 4. The number of hydrogen-bond donors (Lipinski definition) is 1. The lowest BCUT2D eigenvalue weighted by atomic mass is 10.3.